The monoisotopic (exact) mass is 210 g/mol. The van der Waals surface area contributed by atoms with Gasteiger partial charge in [0, 0.05) is 18.4 Å². The fraction of sp³-hybridized carbons (Fsp3) is 0.600. The van der Waals surface area contributed by atoms with E-state index in [0.717, 1.165) is 19.4 Å². The van der Waals surface area contributed by atoms with Crippen LogP contribution in [-0.2, 0) is 11.3 Å². The molecule has 0 amide bonds. The molecule has 0 aliphatic carbocycles. The van der Waals surface area contributed by atoms with Gasteiger partial charge in [-0.2, -0.15) is 0 Å². The topological polar surface area (TPSA) is 64.1 Å². The van der Waals surface area contributed by atoms with Crippen LogP contribution in [0.5, 0.6) is 0 Å². The summed E-state index contributed by atoms with van der Waals surface area (Å²) < 4.78 is 7.00. The predicted octanol–water partition coefficient (Wildman–Crippen LogP) is 0.0240. The van der Waals surface area contributed by atoms with Gasteiger partial charge in [0.25, 0.3) is 5.56 Å². The van der Waals surface area contributed by atoms with Crippen molar-refractivity contribution in [3.8, 4) is 0 Å². The smallest absolute Gasteiger partial charge is 0.328 e. The van der Waals surface area contributed by atoms with Gasteiger partial charge < -0.3 is 4.74 Å². The molecule has 0 unspecified atom stereocenters. The molecular formula is C10H14N2O3. The van der Waals surface area contributed by atoms with Gasteiger partial charge in [-0.05, 0) is 19.8 Å². The molecule has 5 heteroatoms. The molecule has 1 fully saturated rings. The van der Waals surface area contributed by atoms with Crippen LogP contribution in [0.3, 0.4) is 0 Å². The lowest BCUT2D eigenvalue weighted by atomic mass is 10.2. The maximum absolute atomic E-state index is 11.5. The van der Waals surface area contributed by atoms with Gasteiger partial charge >= 0.3 is 5.69 Å². The van der Waals surface area contributed by atoms with Gasteiger partial charge in [0.1, 0.15) is 0 Å². The van der Waals surface area contributed by atoms with Crippen molar-refractivity contribution in [3.05, 3.63) is 32.6 Å². The van der Waals surface area contributed by atoms with Gasteiger partial charge in [-0.3, -0.25) is 14.3 Å². The number of hydrogen-bond acceptors (Lipinski definition) is 3. The van der Waals surface area contributed by atoms with Crippen LogP contribution in [0.15, 0.2) is 15.7 Å². The van der Waals surface area contributed by atoms with Crippen molar-refractivity contribution in [1.82, 2.24) is 9.55 Å². The van der Waals surface area contributed by atoms with Crippen molar-refractivity contribution >= 4 is 0 Å². The SMILES string of the molecule is Cc1cc(=O)[nH]c(=O)n1C[C@H]1CCCO1. The lowest BCUT2D eigenvalue weighted by Gasteiger charge is -2.13. The minimum Gasteiger partial charge on any atom is -0.376 e. The summed E-state index contributed by atoms with van der Waals surface area (Å²) in [5.74, 6) is 0. The molecule has 1 aliphatic rings. The van der Waals surface area contributed by atoms with Crippen molar-refractivity contribution in [3.63, 3.8) is 0 Å². The number of rotatable bonds is 2. The molecule has 2 heterocycles. The molecule has 1 atom stereocenters. The van der Waals surface area contributed by atoms with Crippen molar-refractivity contribution < 1.29 is 4.74 Å². The molecule has 2 rings (SSSR count). The Morgan fingerprint density at radius 1 is 1.60 bits per heavy atom. The quantitative estimate of drug-likeness (QED) is 0.748. The first-order valence-electron chi connectivity index (χ1n) is 5.09. The summed E-state index contributed by atoms with van der Waals surface area (Å²) in [5, 5.41) is 0. The first-order valence-corrected chi connectivity index (χ1v) is 5.09. The summed E-state index contributed by atoms with van der Waals surface area (Å²) in [6, 6.07) is 1.43. The Bertz CT molecular complexity index is 454. The lowest BCUT2D eigenvalue weighted by molar-refractivity contribution is 0.0952. The fourth-order valence-corrected chi connectivity index (χ4v) is 1.86. The van der Waals surface area contributed by atoms with E-state index in [1.54, 1.807) is 11.5 Å². The first-order chi connectivity index (χ1) is 7.16. The molecule has 0 saturated carbocycles. The molecule has 0 spiro atoms. The van der Waals surface area contributed by atoms with E-state index < -0.39 is 0 Å². The number of hydrogen-bond donors (Lipinski definition) is 1. The van der Waals surface area contributed by atoms with Crippen LogP contribution in [0, 0.1) is 6.92 Å². The van der Waals surface area contributed by atoms with Crippen molar-refractivity contribution in [2.75, 3.05) is 6.61 Å². The summed E-state index contributed by atoms with van der Waals surface area (Å²) in [6.45, 7) is 3.05. The largest absolute Gasteiger partial charge is 0.376 e. The van der Waals surface area contributed by atoms with Gasteiger partial charge in [0.2, 0.25) is 0 Å². The highest BCUT2D eigenvalue weighted by molar-refractivity contribution is 4.98. The molecule has 1 aromatic heterocycles. The molecule has 0 bridgehead atoms. The molecule has 1 saturated heterocycles. The highest BCUT2D eigenvalue weighted by Gasteiger charge is 2.17. The molecule has 0 aromatic carbocycles. The molecule has 5 nitrogen and oxygen atoms in total. The maximum atomic E-state index is 11.5. The third-order valence-electron chi connectivity index (χ3n) is 2.65. The summed E-state index contributed by atoms with van der Waals surface area (Å²) in [6.07, 6.45) is 2.12. The minimum atomic E-state index is -0.351. The Morgan fingerprint density at radius 3 is 3.00 bits per heavy atom. The lowest BCUT2D eigenvalue weighted by Crippen LogP contribution is -2.34. The maximum Gasteiger partial charge on any atom is 0.328 e. The number of aromatic nitrogens is 2. The highest BCUT2D eigenvalue weighted by atomic mass is 16.5. The van der Waals surface area contributed by atoms with Crippen LogP contribution in [0.25, 0.3) is 0 Å². The normalized spacial score (nSPS) is 20.7. The van der Waals surface area contributed by atoms with E-state index >= 15 is 0 Å². The molecule has 15 heavy (non-hydrogen) atoms. The van der Waals surface area contributed by atoms with Crippen molar-refractivity contribution in [1.29, 1.82) is 0 Å². The Kier molecular flexibility index (Phi) is 2.73. The molecule has 1 aromatic rings. The number of nitrogens with one attached hydrogen (secondary N) is 1. The Hall–Kier alpha value is -1.36. The Labute approximate surface area is 86.7 Å². The van der Waals surface area contributed by atoms with E-state index in [1.807, 2.05) is 0 Å². The van der Waals surface area contributed by atoms with Crippen molar-refractivity contribution in [2.24, 2.45) is 0 Å². The number of nitrogens with zero attached hydrogens (tertiary/aromatic N) is 1. The number of aryl methyl sites for hydroxylation is 1. The van der Waals surface area contributed by atoms with E-state index in [2.05, 4.69) is 4.98 Å². The second-order valence-corrected chi connectivity index (χ2v) is 3.83. The van der Waals surface area contributed by atoms with Crippen LogP contribution < -0.4 is 11.2 Å². The first kappa shape index (κ1) is 10.2. The van der Waals surface area contributed by atoms with Crippen LogP contribution >= 0.6 is 0 Å². The van der Waals surface area contributed by atoms with E-state index in [4.69, 9.17) is 4.74 Å². The average molecular weight is 210 g/mol. The number of ether oxygens (including phenoxy) is 1. The average Bonchev–Trinajstić information content (AvgIpc) is 2.63. The van der Waals surface area contributed by atoms with Gasteiger partial charge in [-0.15, -0.1) is 0 Å². The second-order valence-electron chi connectivity index (χ2n) is 3.83. The third-order valence-corrected chi connectivity index (χ3v) is 2.65. The zero-order chi connectivity index (χ0) is 10.8. The predicted molar refractivity (Wildman–Crippen MR) is 55.0 cm³/mol. The van der Waals surface area contributed by atoms with Crippen LogP contribution in [-0.4, -0.2) is 22.3 Å². The van der Waals surface area contributed by atoms with Gasteiger partial charge in [0.15, 0.2) is 0 Å². The molecule has 1 aliphatic heterocycles. The summed E-state index contributed by atoms with van der Waals surface area (Å²) >= 11 is 0. The van der Waals surface area contributed by atoms with Crippen LogP contribution in [0.4, 0.5) is 0 Å². The van der Waals surface area contributed by atoms with Gasteiger partial charge in [-0.25, -0.2) is 4.79 Å². The minimum absolute atomic E-state index is 0.104. The fourth-order valence-electron chi connectivity index (χ4n) is 1.86. The summed E-state index contributed by atoms with van der Waals surface area (Å²) in [7, 11) is 0. The van der Waals surface area contributed by atoms with Gasteiger partial charge in [-0.1, -0.05) is 0 Å². The van der Waals surface area contributed by atoms with Crippen molar-refractivity contribution in [2.45, 2.75) is 32.4 Å². The van der Waals surface area contributed by atoms with E-state index in [0.29, 0.717) is 12.2 Å². The number of aromatic amines is 1. The van der Waals surface area contributed by atoms with E-state index in [9.17, 15) is 9.59 Å². The van der Waals surface area contributed by atoms with Gasteiger partial charge in [0.05, 0.1) is 12.6 Å². The third kappa shape index (κ3) is 2.18. The van der Waals surface area contributed by atoms with Crippen LogP contribution in [0.2, 0.25) is 0 Å². The molecular weight excluding hydrogens is 196 g/mol. The second kappa shape index (κ2) is 4.02. The van der Waals surface area contributed by atoms with E-state index in [1.165, 1.54) is 6.07 Å². The summed E-state index contributed by atoms with van der Waals surface area (Å²) in [5.41, 5.74) is -0.0177. The molecule has 0 radical (unpaired) electrons. The van der Waals surface area contributed by atoms with E-state index in [-0.39, 0.29) is 17.4 Å². The Balaban J connectivity index is 2.27. The van der Waals surface area contributed by atoms with Crippen LogP contribution in [0.1, 0.15) is 18.5 Å². The molecule has 1 N–H and O–H groups in total. The number of H-pyrrole nitrogens is 1. The zero-order valence-electron chi connectivity index (χ0n) is 8.66. The molecule has 82 valence electrons. The standard InChI is InChI=1S/C10H14N2O3/c1-7-5-9(13)11-10(14)12(7)6-8-3-2-4-15-8/h5,8H,2-4,6H2,1H3,(H,11,13,14)/t8-/m1/s1. The zero-order valence-corrected chi connectivity index (χ0v) is 8.66. The highest BCUT2D eigenvalue weighted by Crippen LogP contribution is 2.13. The summed E-state index contributed by atoms with van der Waals surface area (Å²) in [4.78, 5) is 24.8. The Morgan fingerprint density at radius 2 is 2.40 bits per heavy atom.